The van der Waals surface area contributed by atoms with Gasteiger partial charge >= 0.3 is 11.9 Å². The number of halogens is 1. The fourth-order valence-corrected chi connectivity index (χ4v) is 3.81. The molecule has 3 rings (SSSR count). The number of carboxylic acids is 2. The minimum absolute atomic E-state index is 0.0147. The Balaban J connectivity index is 1.78. The summed E-state index contributed by atoms with van der Waals surface area (Å²) in [7, 11) is 0. The van der Waals surface area contributed by atoms with Crippen molar-refractivity contribution >= 4 is 29.4 Å². The van der Waals surface area contributed by atoms with Crippen LogP contribution in [0.15, 0.2) is 24.3 Å². The van der Waals surface area contributed by atoms with Gasteiger partial charge in [0.05, 0.1) is 5.92 Å². The summed E-state index contributed by atoms with van der Waals surface area (Å²) >= 11 is 5.76. The lowest BCUT2D eigenvalue weighted by Crippen LogP contribution is -2.52. The first-order chi connectivity index (χ1) is 10.8. The maximum Gasteiger partial charge on any atom is 0.324 e. The van der Waals surface area contributed by atoms with Crippen LogP contribution >= 0.6 is 11.6 Å². The van der Waals surface area contributed by atoms with Crippen molar-refractivity contribution in [3.05, 3.63) is 34.9 Å². The highest BCUT2D eigenvalue weighted by Gasteiger charge is 2.74. The Kier molecular flexibility index (Phi) is 3.57. The Hall–Kier alpha value is -2.12. The van der Waals surface area contributed by atoms with Crippen LogP contribution in [0.2, 0.25) is 5.02 Å². The molecule has 23 heavy (non-hydrogen) atoms. The Labute approximate surface area is 136 Å². The van der Waals surface area contributed by atoms with Crippen LogP contribution in [0.1, 0.15) is 16.8 Å². The molecule has 2 aliphatic rings. The smallest absolute Gasteiger partial charge is 0.324 e. The number of amides is 1. The van der Waals surface area contributed by atoms with E-state index in [4.69, 9.17) is 17.3 Å². The van der Waals surface area contributed by atoms with E-state index < -0.39 is 47.2 Å². The standard InChI is InChI=1S/C15H15ClN2O5/c16-7-3-1-6(2-4-7)12(19)18-8-5-15(17,14(22)23)11-9(8)10(11)13(20)21/h1-4,8-11H,5,17H2,(H,18,19)(H,20,21)(H,22,23)/t8-,9-,10-,11+,15-/m1/s1. The van der Waals surface area contributed by atoms with Crippen LogP contribution in [0, 0.1) is 17.8 Å². The van der Waals surface area contributed by atoms with Gasteiger partial charge in [0, 0.05) is 22.5 Å². The summed E-state index contributed by atoms with van der Waals surface area (Å²) in [6, 6.07) is 5.63. The van der Waals surface area contributed by atoms with E-state index in [2.05, 4.69) is 5.32 Å². The van der Waals surface area contributed by atoms with E-state index in [1.807, 2.05) is 0 Å². The monoisotopic (exact) mass is 338 g/mol. The van der Waals surface area contributed by atoms with Gasteiger partial charge in [0.15, 0.2) is 0 Å². The summed E-state index contributed by atoms with van der Waals surface area (Å²) in [5.74, 6) is -4.67. The summed E-state index contributed by atoms with van der Waals surface area (Å²) in [5, 5.41) is 21.7. The Bertz CT molecular complexity index is 692. The van der Waals surface area contributed by atoms with Crippen molar-refractivity contribution < 1.29 is 24.6 Å². The number of carboxylic acid groups (broad SMARTS) is 2. The first-order valence-corrected chi connectivity index (χ1v) is 7.45. The molecule has 0 saturated heterocycles. The van der Waals surface area contributed by atoms with Gasteiger partial charge in [0.1, 0.15) is 5.54 Å². The minimum Gasteiger partial charge on any atom is -0.481 e. The van der Waals surface area contributed by atoms with Gasteiger partial charge in [0.2, 0.25) is 0 Å². The molecule has 2 aliphatic carbocycles. The van der Waals surface area contributed by atoms with E-state index in [1.165, 1.54) is 0 Å². The molecule has 0 spiro atoms. The van der Waals surface area contributed by atoms with E-state index in [0.717, 1.165) is 0 Å². The first kappa shape index (κ1) is 15.8. The van der Waals surface area contributed by atoms with Gasteiger partial charge in [-0.1, -0.05) is 11.6 Å². The van der Waals surface area contributed by atoms with Crippen molar-refractivity contribution in [1.29, 1.82) is 0 Å². The number of rotatable bonds is 4. The van der Waals surface area contributed by atoms with Crippen LogP contribution < -0.4 is 11.1 Å². The highest BCUT2D eigenvalue weighted by atomic mass is 35.5. The average Bonchev–Trinajstić information content (AvgIpc) is 3.16. The van der Waals surface area contributed by atoms with Gasteiger partial charge in [-0.3, -0.25) is 14.4 Å². The zero-order chi connectivity index (χ0) is 16.9. The molecule has 5 atom stereocenters. The Morgan fingerprint density at radius 2 is 1.83 bits per heavy atom. The van der Waals surface area contributed by atoms with E-state index in [9.17, 15) is 24.6 Å². The molecule has 122 valence electrons. The lowest BCUT2D eigenvalue weighted by atomic mass is 9.90. The third kappa shape index (κ3) is 2.46. The quantitative estimate of drug-likeness (QED) is 0.635. The number of hydrogen-bond donors (Lipinski definition) is 4. The number of fused-ring (bicyclic) bond motifs is 1. The second-order valence-corrected chi connectivity index (χ2v) is 6.54. The van der Waals surface area contributed by atoms with Crippen molar-refractivity contribution in [2.24, 2.45) is 23.5 Å². The highest BCUT2D eigenvalue weighted by Crippen LogP contribution is 2.61. The molecule has 2 saturated carbocycles. The SMILES string of the molecule is N[C@]1(C(=O)O)C[C@@H](NC(=O)c2ccc(Cl)cc2)[C@@H]2[C@@H](C(=O)O)[C@H]21. The summed E-state index contributed by atoms with van der Waals surface area (Å²) in [5.41, 5.74) is 4.65. The second kappa shape index (κ2) is 5.21. The fraction of sp³-hybridized carbons (Fsp3) is 0.400. The predicted molar refractivity (Wildman–Crippen MR) is 80.0 cm³/mol. The van der Waals surface area contributed by atoms with Crippen LogP contribution in [0.25, 0.3) is 0 Å². The summed E-state index contributed by atoms with van der Waals surface area (Å²) in [6.45, 7) is 0. The van der Waals surface area contributed by atoms with Crippen molar-refractivity contribution in [1.82, 2.24) is 5.32 Å². The molecule has 0 heterocycles. The molecule has 0 bridgehead atoms. The van der Waals surface area contributed by atoms with Gasteiger partial charge in [-0.15, -0.1) is 0 Å². The summed E-state index contributed by atoms with van der Waals surface area (Å²) in [4.78, 5) is 34.9. The topological polar surface area (TPSA) is 130 Å². The lowest BCUT2D eigenvalue weighted by molar-refractivity contribution is -0.145. The lowest BCUT2D eigenvalue weighted by Gasteiger charge is -2.25. The molecular formula is C15H15ClN2O5. The molecule has 0 aromatic heterocycles. The van der Waals surface area contributed by atoms with Crippen molar-refractivity contribution in [3.8, 4) is 0 Å². The summed E-state index contributed by atoms with van der Waals surface area (Å²) in [6.07, 6.45) is 0.0147. The number of nitrogens with two attached hydrogens (primary N) is 1. The number of benzene rings is 1. The average molecular weight is 339 g/mol. The molecule has 2 fully saturated rings. The second-order valence-electron chi connectivity index (χ2n) is 6.10. The number of nitrogens with one attached hydrogen (secondary N) is 1. The first-order valence-electron chi connectivity index (χ1n) is 7.07. The molecule has 1 amide bonds. The summed E-state index contributed by atoms with van der Waals surface area (Å²) < 4.78 is 0. The van der Waals surface area contributed by atoms with Gasteiger partial charge in [-0.25, -0.2) is 0 Å². The van der Waals surface area contributed by atoms with E-state index in [0.29, 0.717) is 10.6 Å². The van der Waals surface area contributed by atoms with Crippen molar-refractivity contribution in [2.45, 2.75) is 18.0 Å². The molecule has 1 aromatic rings. The molecule has 5 N–H and O–H groups in total. The third-order valence-corrected chi connectivity index (χ3v) is 5.05. The Morgan fingerprint density at radius 1 is 1.22 bits per heavy atom. The zero-order valence-electron chi connectivity index (χ0n) is 11.9. The molecular weight excluding hydrogens is 324 g/mol. The molecule has 0 unspecified atom stereocenters. The van der Waals surface area contributed by atoms with Crippen molar-refractivity contribution in [2.75, 3.05) is 0 Å². The Morgan fingerprint density at radius 3 is 2.35 bits per heavy atom. The number of carbonyl (C=O) groups excluding carboxylic acids is 1. The molecule has 0 radical (unpaired) electrons. The van der Waals surface area contributed by atoms with Crippen LogP contribution in [0.4, 0.5) is 0 Å². The largest absolute Gasteiger partial charge is 0.481 e. The van der Waals surface area contributed by atoms with Crippen LogP contribution in [-0.4, -0.2) is 39.6 Å². The molecule has 7 nitrogen and oxygen atoms in total. The number of carbonyl (C=O) groups is 3. The van der Waals surface area contributed by atoms with Gasteiger partial charge < -0.3 is 21.3 Å². The predicted octanol–water partition coefficient (Wildman–Crippen LogP) is 0.571. The fourth-order valence-electron chi connectivity index (χ4n) is 3.68. The maximum absolute atomic E-state index is 12.2. The van der Waals surface area contributed by atoms with E-state index >= 15 is 0 Å². The molecule has 1 aromatic carbocycles. The molecule has 8 heteroatoms. The van der Waals surface area contributed by atoms with Crippen LogP contribution in [0.3, 0.4) is 0 Å². The highest BCUT2D eigenvalue weighted by molar-refractivity contribution is 6.30. The maximum atomic E-state index is 12.2. The van der Waals surface area contributed by atoms with E-state index in [-0.39, 0.29) is 6.42 Å². The van der Waals surface area contributed by atoms with E-state index in [1.54, 1.807) is 24.3 Å². The third-order valence-electron chi connectivity index (χ3n) is 4.80. The minimum atomic E-state index is -1.62. The molecule has 0 aliphatic heterocycles. The normalized spacial score (nSPS) is 34.5. The van der Waals surface area contributed by atoms with Gasteiger partial charge in [0.25, 0.3) is 5.91 Å². The van der Waals surface area contributed by atoms with Crippen LogP contribution in [0.5, 0.6) is 0 Å². The van der Waals surface area contributed by atoms with Gasteiger partial charge in [-0.05, 0) is 36.6 Å². The zero-order valence-corrected chi connectivity index (χ0v) is 12.7. The van der Waals surface area contributed by atoms with Gasteiger partial charge in [-0.2, -0.15) is 0 Å². The van der Waals surface area contributed by atoms with Crippen molar-refractivity contribution in [3.63, 3.8) is 0 Å². The van der Waals surface area contributed by atoms with Crippen LogP contribution in [-0.2, 0) is 9.59 Å². The number of hydrogen-bond acceptors (Lipinski definition) is 4. The number of aliphatic carboxylic acids is 2.